The molecule has 8 heteroatoms. The van der Waals surface area contributed by atoms with Gasteiger partial charge >= 0.3 is 0 Å². The van der Waals surface area contributed by atoms with E-state index in [1.807, 2.05) is 24.3 Å². The number of hydrogen-bond acceptors (Lipinski definition) is 3. The number of halogens is 4. The van der Waals surface area contributed by atoms with Gasteiger partial charge < -0.3 is 15.5 Å². The van der Waals surface area contributed by atoms with Crippen LogP contribution in [-0.2, 0) is 0 Å². The Labute approximate surface area is 176 Å². The Morgan fingerprint density at radius 1 is 1.11 bits per heavy atom. The van der Waals surface area contributed by atoms with Crippen LogP contribution in [0.3, 0.4) is 0 Å². The lowest BCUT2D eigenvalue weighted by atomic mass is 10.1. The summed E-state index contributed by atoms with van der Waals surface area (Å²) in [7, 11) is 2.13. The molecular weight excluding hydrogens is 412 g/mol. The van der Waals surface area contributed by atoms with E-state index >= 15 is 0 Å². The van der Waals surface area contributed by atoms with Crippen molar-refractivity contribution >= 4 is 53.7 Å². The topological polar surface area (TPSA) is 44.4 Å². The van der Waals surface area contributed by atoms with Crippen molar-refractivity contribution in [1.82, 2.24) is 4.90 Å². The van der Waals surface area contributed by atoms with Crippen molar-refractivity contribution in [2.75, 3.05) is 30.8 Å². The van der Waals surface area contributed by atoms with Gasteiger partial charge in [-0.05, 0) is 69.4 Å². The van der Waals surface area contributed by atoms with Gasteiger partial charge in [-0.25, -0.2) is 4.39 Å². The van der Waals surface area contributed by atoms with Crippen molar-refractivity contribution in [2.24, 2.45) is 0 Å². The Morgan fingerprint density at radius 3 is 2.44 bits per heavy atom. The van der Waals surface area contributed by atoms with E-state index in [9.17, 15) is 9.18 Å². The minimum atomic E-state index is -0.467. The predicted octanol–water partition coefficient (Wildman–Crippen LogP) is 5.08. The van der Waals surface area contributed by atoms with Crippen LogP contribution in [0.4, 0.5) is 15.8 Å². The first-order chi connectivity index (χ1) is 12.0. The molecule has 27 heavy (non-hydrogen) atoms. The zero-order valence-corrected chi connectivity index (χ0v) is 17.3. The smallest absolute Gasteiger partial charge is 0.257 e. The number of amides is 1. The summed E-state index contributed by atoms with van der Waals surface area (Å²) in [5, 5.41) is 6.42. The van der Waals surface area contributed by atoms with Crippen LogP contribution < -0.4 is 10.6 Å². The molecule has 2 N–H and O–H groups in total. The third-order valence-corrected chi connectivity index (χ3v) is 4.70. The first-order valence-electron chi connectivity index (χ1n) is 8.33. The highest BCUT2D eigenvalue weighted by molar-refractivity contribution is 6.34. The van der Waals surface area contributed by atoms with Crippen molar-refractivity contribution in [3.63, 3.8) is 0 Å². The second-order valence-corrected chi connectivity index (χ2v) is 6.79. The number of benzene rings is 2. The summed E-state index contributed by atoms with van der Waals surface area (Å²) < 4.78 is 13.1. The molecule has 2 aromatic rings. The number of anilines is 2. The van der Waals surface area contributed by atoms with E-state index in [0.717, 1.165) is 37.7 Å². The number of carbonyl (C=O) groups is 1. The third-order valence-electron chi connectivity index (χ3n) is 4.39. The zero-order chi connectivity index (χ0) is 17.8. The van der Waals surface area contributed by atoms with Crippen molar-refractivity contribution in [2.45, 2.75) is 18.9 Å². The lowest BCUT2D eigenvalue weighted by molar-refractivity contribution is 0.102. The molecule has 0 aliphatic carbocycles. The van der Waals surface area contributed by atoms with Crippen LogP contribution in [0.2, 0.25) is 5.02 Å². The summed E-state index contributed by atoms with van der Waals surface area (Å²) in [6.07, 6.45) is 2.19. The molecule has 0 saturated carbocycles. The van der Waals surface area contributed by atoms with Crippen molar-refractivity contribution < 1.29 is 9.18 Å². The molecular formula is C19H23Cl3FN3O. The van der Waals surface area contributed by atoms with E-state index in [-0.39, 0.29) is 41.3 Å². The second-order valence-electron chi connectivity index (χ2n) is 6.38. The number of nitrogens with one attached hydrogen (secondary N) is 2. The summed E-state index contributed by atoms with van der Waals surface area (Å²) in [6, 6.07) is 11.8. The van der Waals surface area contributed by atoms with Gasteiger partial charge in [0.25, 0.3) is 5.91 Å². The van der Waals surface area contributed by atoms with Crippen LogP contribution >= 0.6 is 36.4 Å². The minimum absolute atomic E-state index is 0. The molecule has 0 radical (unpaired) electrons. The lowest BCUT2D eigenvalue weighted by Gasteiger charge is -2.30. The average Bonchev–Trinajstić information content (AvgIpc) is 2.57. The van der Waals surface area contributed by atoms with E-state index < -0.39 is 5.82 Å². The van der Waals surface area contributed by atoms with E-state index in [2.05, 4.69) is 22.6 Å². The van der Waals surface area contributed by atoms with Gasteiger partial charge in [-0.15, -0.1) is 24.8 Å². The molecule has 1 fully saturated rings. The lowest BCUT2D eigenvalue weighted by Crippen LogP contribution is -2.36. The molecule has 2 aromatic carbocycles. The Bertz CT molecular complexity index is 768. The largest absolute Gasteiger partial charge is 0.382 e. The third kappa shape index (κ3) is 6.54. The van der Waals surface area contributed by atoms with Crippen LogP contribution in [0.1, 0.15) is 23.2 Å². The number of rotatable bonds is 4. The first kappa shape index (κ1) is 23.5. The maximum Gasteiger partial charge on any atom is 0.257 e. The molecule has 1 aliphatic rings. The standard InChI is InChI=1S/C19H21ClFN3O.2ClH/c1-24-9-7-14(8-10-24)22-15-3-2-4-16(12-15)23-19(25)17-6-5-13(21)11-18(17)20;;/h2-6,11-12,14,22H,7-10H2,1H3,(H,23,25);2*1H. The van der Waals surface area contributed by atoms with Crippen LogP contribution in [0.15, 0.2) is 42.5 Å². The van der Waals surface area contributed by atoms with Crippen molar-refractivity contribution in [3.05, 3.63) is 58.9 Å². The van der Waals surface area contributed by atoms with Gasteiger partial charge in [0.15, 0.2) is 0 Å². The number of carbonyl (C=O) groups excluding carboxylic acids is 1. The maximum absolute atomic E-state index is 13.1. The highest BCUT2D eigenvalue weighted by Crippen LogP contribution is 2.22. The second kappa shape index (κ2) is 10.7. The Balaban J connectivity index is 0.00000182. The zero-order valence-electron chi connectivity index (χ0n) is 14.9. The fourth-order valence-electron chi connectivity index (χ4n) is 2.95. The number of piperidine rings is 1. The van der Waals surface area contributed by atoms with Crippen LogP contribution in [0.5, 0.6) is 0 Å². The quantitative estimate of drug-likeness (QED) is 0.705. The Hall–Kier alpha value is -1.53. The molecule has 1 saturated heterocycles. The SMILES string of the molecule is CN1CCC(Nc2cccc(NC(=O)c3ccc(F)cc3Cl)c2)CC1.Cl.Cl. The van der Waals surface area contributed by atoms with E-state index in [1.165, 1.54) is 12.1 Å². The molecule has 0 bridgehead atoms. The van der Waals surface area contributed by atoms with Crippen LogP contribution in [0, 0.1) is 5.82 Å². The molecule has 0 atom stereocenters. The Kier molecular flexibility index (Phi) is 9.33. The number of hydrogen-bond donors (Lipinski definition) is 2. The van der Waals surface area contributed by atoms with E-state index in [4.69, 9.17) is 11.6 Å². The normalized spacial score (nSPS) is 14.6. The molecule has 1 aliphatic heterocycles. The maximum atomic E-state index is 13.1. The van der Waals surface area contributed by atoms with Gasteiger partial charge in [-0.3, -0.25) is 4.79 Å². The average molecular weight is 435 g/mol. The van der Waals surface area contributed by atoms with Gasteiger partial charge in [-0.2, -0.15) is 0 Å². The van der Waals surface area contributed by atoms with Crippen LogP contribution in [-0.4, -0.2) is 37.0 Å². The molecule has 1 amide bonds. The highest BCUT2D eigenvalue weighted by Gasteiger charge is 2.16. The van der Waals surface area contributed by atoms with Gasteiger partial charge in [0.05, 0.1) is 10.6 Å². The van der Waals surface area contributed by atoms with Crippen molar-refractivity contribution in [1.29, 1.82) is 0 Å². The van der Waals surface area contributed by atoms with Gasteiger partial charge in [0.2, 0.25) is 0 Å². The molecule has 4 nitrogen and oxygen atoms in total. The van der Waals surface area contributed by atoms with E-state index in [0.29, 0.717) is 11.7 Å². The fourth-order valence-corrected chi connectivity index (χ4v) is 3.20. The summed E-state index contributed by atoms with van der Waals surface area (Å²) in [4.78, 5) is 14.7. The Morgan fingerprint density at radius 2 is 1.78 bits per heavy atom. The number of nitrogens with zero attached hydrogens (tertiary/aromatic N) is 1. The molecule has 3 rings (SSSR count). The molecule has 0 aromatic heterocycles. The highest BCUT2D eigenvalue weighted by atomic mass is 35.5. The molecule has 0 unspecified atom stereocenters. The minimum Gasteiger partial charge on any atom is -0.382 e. The number of likely N-dealkylation sites (tertiary alicyclic amines) is 1. The van der Waals surface area contributed by atoms with E-state index in [1.54, 1.807) is 0 Å². The van der Waals surface area contributed by atoms with Crippen LogP contribution in [0.25, 0.3) is 0 Å². The van der Waals surface area contributed by atoms with Gasteiger partial charge in [-0.1, -0.05) is 17.7 Å². The molecule has 148 valence electrons. The first-order valence-corrected chi connectivity index (χ1v) is 8.70. The fraction of sp³-hybridized carbons (Fsp3) is 0.316. The predicted molar refractivity (Wildman–Crippen MR) is 114 cm³/mol. The monoisotopic (exact) mass is 433 g/mol. The summed E-state index contributed by atoms with van der Waals surface area (Å²) in [6.45, 7) is 2.16. The van der Waals surface area contributed by atoms with Gasteiger partial charge in [0.1, 0.15) is 5.82 Å². The van der Waals surface area contributed by atoms with Gasteiger partial charge in [0, 0.05) is 17.4 Å². The summed E-state index contributed by atoms with van der Waals surface area (Å²) >= 11 is 5.95. The van der Waals surface area contributed by atoms with Crippen molar-refractivity contribution in [3.8, 4) is 0 Å². The summed E-state index contributed by atoms with van der Waals surface area (Å²) in [5.74, 6) is -0.827. The summed E-state index contributed by atoms with van der Waals surface area (Å²) in [5.41, 5.74) is 1.89. The molecule has 1 heterocycles. The molecule has 0 spiro atoms.